The summed E-state index contributed by atoms with van der Waals surface area (Å²) in [5, 5.41) is 3.07. The molecule has 0 aliphatic carbocycles. The van der Waals surface area contributed by atoms with Gasteiger partial charge in [-0.25, -0.2) is 4.79 Å². The van der Waals surface area contributed by atoms with Crippen LogP contribution in [0, 0.1) is 5.92 Å². The van der Waals surface area contributed by atoms with Crippen molar-refractivity contribution in [1.82, 2.24) is 5.32 Å². The lowest BCUT2D eigenvalue weighted by Gasteiger charge is -2.36. The first-order valence-electron chi connectivity index (χ1n) is 13.9. The van der Waals surface area contributed by atoms with Crippen LogP contribution in [0.4, 0.5) is 4.79 Å². The van der Waals surface area contributed by atoms with E-state index in [0.29, 0.717) is 19.4 Å². The molecule has 8 heteroatoms. The van der Waals surface area contributed by atoms with Gasteiger partial charge in [0, 0.05) is 6.61 Å². The molecule has 0 aromatic heterocycles. The second-order valence-electron chi connectivity index (χ2n) is 13.6. The molecule has 1 N–H and O–H groups in total. The normalized spacial score (nSPS) is 14.6. The van der Waals surface area contributed by atoms with Crippen LogP contribution < -0.4 is 10.1 Å². The van der Waals surface area contributed by atoms with Crippen LogP contribution in [0.5, 0.6) is 5.75 Å². The molecule has 0 spiro atoms. The Labute approximate surface area is 238 Å². The number of carbonyl (C=O) groups is 2. The molecule has 222 valence electrons. The highest BCUT2D eigenvalue weighted by atomic mass is 28.4. The lowest BCUT2D eigenvalue weighted by molar-refractivity contribution is -0.158. The zero-order valence-electron chi connectivity index (χ0n) is 26.4. The minimum Gasteiger partial charge on any atom is -0.497 e. The predicted octanol–water partition coefficient (Wildman–Crippen LogP) is 7.45. The van der Waals surface area contributed by atoms with Crippen LogP contribution in [0.2, 0.25) is 18.1 Å². The molecule has 0 saturated heterocycles. The first-order chi connectivity index (χ1) is 17.7. The lowest BCUT2D eigenvalue weighted by Crippen LogP contribution is -2.41. The number of carbonyl (C=O) groups excluding carboxylic acids is 2. The summed E-state index contributed by atoms with van der Waals surface area (Å²) in [6.07, 6.45) is 5.05. The number of nitrogens with one attached hydrogen (secondary N) is 1. The van der Waals surface area contributed by atoms with Gasteiger partial charge < -0.3 is 24.0 Å². The van der Waals surface area contributed by atoms with E-state index in [-0.39, 0.29) is 17.0 Å². The first-order valence-corrected chi connectivity index (χ1v) is 16.8. The Bertz CT molecular complexity index is 936. The number of ether oxygens (including phenoxy) is 3. The van der Waals surface area contributed by atoms with Crippen LogP contribution in [0.15, 0.2) is 36.4 Å². The van der Waals surface area contributed by atoms with Crippen molar-refractivity contribution < 1.29 is 28.2 Å². The summed E-state index contributed by atoms with van der Waals surface area (Å²) in [7, 11) is -0.248. The molecule has 0 heterocycles. The van der Waals surface area contributed by atoms with E-state index in [4.69, 9.17) is 18.6 Å². The van der Waals surface area contributed by atoms with Gasteiger partial charge in [-0.2, -0.15) is 0 Å². The van der Waals surface area contributed by atoms with E-state index in [1.54, 1.807) is 7.11 Å². The Morgan fingerprint density at radius 3 is 1.95 bits per heavy atom. The Morgan fingerprint density at radius 2 is 1.46 bits per heavy atom. The highest BCUT2D eigenvalue weighted by molar-refractivity contribution is 6.74. The van der Waals surface area contributed by atoms with E-state index < -0.39 is 31.5 Å². The summed E-state index contributed by atoms with van der Waals surface area (Å²) in [5.74, 6) is 0.00781. The van der Waals surface area contributed by atoms with Gasteiger partial charge in [0.25, 0.3) is 0 Å². The van der Waals surface area contributed by atoms with E-state index >= 15 is 0 Å². The molecule has 1 rings (SSSR count). The Kier molecular flexibility index (Phi) is 12.8. The topological polar surface area (TPSA) is 83.1 Å². The van der Waals surface area contributed by atoms with Gasteiger partial charge in [-0.3, -0.25) is 4.79 Å². The van der Waals surface area contributed by atoms with Gasteiger partial charge in [0.1, 0.15) is 17.0 Å². The second-order valence-corrected chi connectivity index (χ2v) is 18.4. The van der Waals surface area contributed by atoms with E-state index in [0.717, 1.165) is 17.7 Å². The molecule has 0 aliphatic heterocycles. The number of hydrogen-bond acceptors (Lipinski definition) is 6. The largest absolute Gasteiger partial charge is 0.497 e. The van der Waals surface area contributed by atoms with Crippen molar-refractivity contribution in [3.8, 4) is 5.75 Å². The molecule has 2 atom stereocenters. The fraction of sp³-hybridized carbons (Fsp3) is 0.677. The molecule has 0 aliphatic rings. The fourth-order valence-electron chi connectivity index (χ4n) is 3.43. The summed E-state index contributed by atoms with van der Waals surface area (Å²) in [4.78, 5) is 25.7. The quantitative estimate of drug-likeness (QED) is 0.123. The number of rotatable bonds is 12. The number of hydrogen-bond donors (Lipinski definition) is 1. The molecule has 1 aromatic rings. The Hall–Kier alpha value is -2.32. The van der Waals surface area contributed by atoms with Crippen LogP contribution in [-0.4, -0.2) is 51.3 Å². The average Bonchev–Trinajstić information content (AvgIpc) is 2.75. The van der Waals surface area contributed by atoms with Gasteiger partial charge in [0.05, 0.1) is 19.1 Å². The minimum atomic E-state index is -1.87. The van der Waals surface area contributed by atoms with Crippen molar-refractivity contribution in [3.63, 3.8) is 0 Å². The zero-order valence-corrected chi connectivity index (χ0v) is 27.4. The maximum absolute atomic E-state index is 13.1. The molecule has 0 fully saturated rings. The van der Waals surface area contributed by atoms with Crippen molar-refractivity contribution in [2.45, 2.75) is 117 Å². The molecular weight excluding hydrogens is 510 g/mol. The Balaban J connectivity index is 3.10. The molecule has 39 heavy (non-hydrogen) atoms. The molecule has 1 amide bonds. The molecule has 7 nitrogen and oxygen atoms in total. The fourth-order valence-corrected chi connectivity index (χ4v) is 4.51. The predicted molar refractivity (Wildman–Crippen MR) is 161 cm³/mol. The molecular formula is C31H53NO6Si. The summed E-state index contributed by atoms with van der Waals surface area (Å²) >= 11 is 0. The summed E-state index contributed by atoms with van der Waals surface area (Å²) in [6.45, 7) is 22.8. The van der Waals surface area contributed by atoms with Crippen LogP contribution in [0.1, 0.15) is 80.7 Å². The number of amides is 1. The van der Waals surface area contributed by atoms with Crippen molar-refractivity contribution in [1.29, 1.82) is 0 Å². The Morgan fingerprint density at radius 1 is 0.897 bits per heavy atom. The highest BCUT2D eigenvalue weighted by Crippen LogP contribution is 2.36. The third-order valence-corrected chi connectivity index (χ3v) is 11.1. The van der Waals surface area contributed by atoms with Gasteiger partial charge in [-0.15, -0.1) is 0 Å². The summed E-state index contributed by atoms with van der Waals surface area (Å²) < 4.78 is 22.8. The maximum atomic E-state index is 13.1. The summed E-state index contributed by atoms with van der Waals surface area (Å²) in [6, 6.07) is 7.30. The van der Waals surface area contributed by atoms with Crippen LogP contribution in [-0.2, 0) is 25.1 Å². The third kappa shape index (κ3) is 14.0. The second kappa shape index (κ2) is 14.4. The number of benzene rings is 1. The summed E-state index contributed by atoms with van der Waals surface area (Å²) in [5.41, 5.74) is -0.210. The smallest absolute Gasteiger partial charge is 0.408 e. The SMILES string of the molecule is COc1ccc(C[C@H](/C=C/[C@@H](CCCO[Si](C)(C)C(C)(C)C)C(=O)OC(C)(C)C)NC(=O)OC(C)(C)C)cc1. The van der Waals surface area contributed by atoms with E-state index in [2.05, 4.69) is 39.2 Å². The number of alkyl carbamates (subject to hydrolysis) is 1. The van der Waals surface area contributed by atoms with Gasteiger partial charge >= 0.3 is 12.1 Å². The molecule has 1 aromatic carbocycles. The van der Waals surface area contributed by atoms with Crippen LogP contribution in [0.3, 0.4) is 0 Å². The van der Waals surface area contributed by atoms with E-state index in [1.807, 2.05) is 78.0 Å². The molecule has 0 bridgehead atoms. The molecule has 0 unspecified atom stereocenters. The van der Waals surface area contributed by atoms with Gasteiger partial charge in [0.2, 0.25) is 0 Å². The van der Waals surface area contributed by atoms with E-state index in [9.17, 15) is 9.59 Å². The zero-order chi connectivity index (χ0) is 30.1. The highest BCUT2D eigenvalue weighted by Gasteiger charge is 2.37. The van der Waals surface area contributed by atoms with Crippen molar-refractivity contribution in [2.75, 3.05) is 13.7 Å². The molecule has 0 saturated carbocycles. The maximum Gasteiger partial charge on any atom is 0.408 e. The van der Waals surface area contributed by atoms with Gasteiger partial charge in [-0.1, -0.05) is 45.1 Å². The van der Waals surface area contributed by atoms with Crippen molar-refractivity contribution >= 4 is 20.4 Å². The number of methoxy groups -OCH3 is 1. The van der Waals surface area contributed by atoms with Crippen molar-refractivity contribution in [2.24, 2.45) is 5.92 Å². The third-order valence-electron chi connectivity index (χ3n) is 6.53. The van der Waals surface area contributed by atoms with E-state index in [1.165, 1.54) is 0 Å². The monoisotopic (exact) mass is 563 g/mol. The van der Waals surface area contributed by atoms with Gasteiger partial charge in [0.15, 0.2) is 8.32 Å². The van der Waals surface area contributed by atoms with Crippen molar-refractivity contribution in [3.05, 3.63) is 42.0 Å². The van der Waals surface area contributed by atoms with Crippen LogP contribution >= 0.6 is 0 Å². The van der Waals surface area contributed by atoms with Crippen LogP contribution in [0.25, 0.3) is 0 Å². The molecule has 0 radical (unpaired) electrons. The minimum absolute atomic E-state index is 0.124. The average molecular weight is 564 g/mol. The first kappa shape index (κ1) is 34.7. The number of esters is 1. The standard InChI is InChI=1S/C31H53NO6Si/c1-29(2,3)37-27(33)24(14-13-21-36-39(11,12)31(7,8)9)17-18-25(32-28(34)38-30(4,5)6)22-23-15-19-26(35-10)20-16-23/h15-20,24-25H,13-14,21-22H2,1-12H3,(H,32,34)/b18-17+/t24-,25+/m1/s1. The van der Waals surface area contributed by atoms with Gasteiger partial charge in [-0.05, 0) is 96.6 Å². The lowest BCUT2D eigenvalue weighted by atomic mass is 9.99.